The zero-order valence-corrected chi connectivity index (χ0v) is 13.0. The highest BCUT2D eigenvalue weighted by Crippen LogP contribution is 2.40. The van der Waals surface area contributed by atoms with Crippen molar-refractivity contribution < 1.29 is 9.59 Å². The van der Waals surface area contributed by atoms with Crippen LogP contribution in [-0.4, -0.2) is 30.3 Å². The Morgan fingerprint density at radius 1 is 1.36 bits per heavy atom. The summed E-state index contributed by atoms with van der Waals surface area (Å²) in [7, 11) is 1.79. The van der Waals surface area contributed by atoms with Gasteiger partial charge in [-0.25, -0.2) is 0 Å². The maximum atomic E-state index is 12.2. The van der Waals surface area contributed by atoms with E-state index in [1.807, 2.05) is 6.07 Å². The highest BCUT2D eigenvalue weighted by Gasteiger charge is 2.49. The van der Waals surface area contributed by atoms with E-state index >= 15 is 0 Å². The largest absolute Gasteiger partial charge is 0.346 e. The van der Waals surface area contributed by atoms with Crippen molar-refractivity contribution in [2.24, 2.45) is 11.8 Å². The van der Waals surface area contributed by atoms with Crippen molar-refractivity contribution in [1.29, 1.82) is 5.26 Å². The SMILES string of the molecule is CCCCN(C)C(=O)C1CC1C(=O)Nc1ccccc1C#N. The van der Waals surface area contributed by atoms with Gasteiger partial charge in [-0.2, -0.15) is 5.26 Å². The van der Waals surface area contributed by atoms with Gasteiger partial charge < -0.3 is 10.2 Å². The number of anilines is 1. The lowest BCUT2D eigenvalue weighted by Gasteiger charge is -2.16. The third kappa shape index (κ3) is 3.64. The average molecular weight is 299 g/mol. The van der Waals surface area contributed by atoms with E-state index in [2.05, 4.69) is 12.2 Å². The molecular formula is C17H21N3O2. The number of amides is 2. The van der Waals surface area contributed by atoms with Gasteiger partial charge in [0.2, 0.25) is 11.8 Å². The van der Waals surface area contributed by atoms with Crippen LogP contribution >= 0.6 is 0 Å². The number of carbonyl (C=O) groups is 2. The van der Waals surface area contributed by atoms with Gasteiger partial charge in [-0.05, 0) is 25.0 Å². The molecule has 0 spiro atoms. The maximum absolute atomic E-state index is 12.2. The monoisotopic (exact) mass is 299 g/mol. The molecule has 1 aliphatic carbocycles. The summed E-state index contributed by atoms with van der Waals surface area (Å²) in [5.74, 6) is -0.619. The number of nitrogens with one attached hydrogen (secondary N) is 1. The van der Waals surface area contributed by atoms with Crippen LogP contribution < -0.4 is 5.32 Å². The molecular weight excluding hydrogens is 278 g/mol. The molecule has 2 atom stereocenters. The summed E-state index contributed by atoms with van der Waals surface area (Å²) in [6, 6.07) is 8.92. The fourth-order valence-electron chi connectivity index (χ4n) is 2.46. The molecule has 2 unspecified atom stereocenters. The molecule has 1 N–H and O–H groups in total. The van der Waals surface area contributed by atoms with E-state index in [4.69, 9.17) is 5.26 Å². The fourth-order valence-corrected chi connectivity index (χ4v) is 2.46. The molecule has 2 amide bonds. The molecule has 22 heavy (non-hydrogen) atoms. The third-order valence-electron chi connectivity index (χ3n) is 3.97. The van der Waals surface area contributed by atoms with Crippen LogP contribution in [0.2, 0.25) is 0 Å². The first-order chi connectivity index (χ1) is 10.6. The molecule has 5 heteroatoms. The highest BCUT2D eigenvalue weighted by molar-refractivity contribution is 6.00. The van der Waals surface area contributed by atoms with E-state index in [-0.39, 0.29) is 23.7 Å². The second-order valence-electron chi connectivity index (χ2n) is 5.71. The van der Waals surface area contributed by atoms with Crippen LogP contribution in [0.1, 0.15) is 31.7 Å². The molecule has 0 saturated heterocycles. The molecule has 5 nitrogen and oxygen atoms in total. The van der Waals surface area contributed by atoms with Crippen molar-refractivity contribution in [1.82, 2.24) is 4.90 Å². The Labute approximate surface area is 130 Å². The summed E-state index contributed by atoms with van der Waals surface area (Å²) in [5, 5.41) is 11.8. The summed E-state index contributed by atoms with van der Waals surface area (Å²) in [4.78, 5) is 26.1. The molecule has 1 fully saturated rings. The second-order valence-corrected chi connectivity index (χ2v) is 5.71. The fraction of sp³-hybridized carbons (Fsp3) is 0.471. The first kappa shape index (κ1) is 16.0. The van der Waals surface area contributed by atoms with Gasteiger partial charge in [-0.1, -0.05) is 25.5 Å². The molecule has 1 aromatic rings. The number of unbranched alkanes of at least 4 members (excludes halogenated alkanes) is 1. The topological polar surface area (TPSA) is 73.2 Å². The number of hydrogen-bond acceptors (Lipinski definition) is 3. The molecule has 0 radical (unpaired) electrons. The number of para-hydroxylation sites is 1. The minimum absolute atomic E-state index is 0.0437. The number of nitriles is 1. The van der Waals surface area contributed by atoms with Crippen molar-refractivity contribution >= 4 is 17.5 Å². The number of rotatable bonds is 6. The summed E-state index contributed by atoms with van der Waals surface area (Å²) >= 11 is 0. The van der Waals surface area contributed by atoms with Crippen LogP contribution in [0.4, 0.5) is 5.69 Å². The van der Waals surface area contributed by atoms with E-state index in [1.165, 1.54) is 0 Å². The summed E-state index contributed by atoms with van der Waals surface area (Å²) in [6.45, 7) is 2.82. The lowest BCUT2D eigenvalue weighted by atomic mass is 10.2. The standard InChI is InChI=1S/C17H21N3O2/c1-3-4-9-20(2)17(22)14-10-13(14)16(21)19-15-8-6-5-7-12(15)11-18/h5-8,13-14H,3-4,9-10H2,1-2H3,(H,19,21). The van der Waals surface area contributed by atoms with Crippen LogP contribution in [0.15, 0.2) is 24.3 Å². The quantitative estimate of drug-likeness (QED) is 0.876. The second kappa shape index (κ2) is 7.08. The molecule has 0 aliphatic heterocycles. The van der Waals surface area contributed by atoms with Crippen LogP contribution in [-0.2, 0) is 9.59 Å². The van der Waals surface area contributed by atoms with Gasteiger partial charge in [0.25, 0.3) is 0 Å². The normalized spacial score (nSPS) is 19.1. The van der Waals surface area contributed by atoms with Crippen molar-refractivity contribution in [3.63, 3.8) is 0 Å². The average Bonchev–Trinajstić information content (AvgIpc) is 3.33. The number of benzene rings is 1. The summed E-state index contributed by atoms with van der Waals surface area (Å²) in [5.41, 5.74) is 0.937. The highest BCUT2D eigenvalue weighted by atomic mass is 16.2. The maximum Gasteiger partial charge on any atom is 0.228 e. The van der Waals surface area contributed by atoms with Gasteiger partial charge in [-0.15, -0.1) is 0 Å². The molecule has 0 bridgehead atoms. The first-order valence-electron chi connectivity index (χ1n) is 7.63. The number of carbonyl (C=O) groups excluding carboxylic acids is 2. The van der Waals surface area contributed by atoms with E-state index in [1.54, 1.807) is 36.2 Å². The zero-order chi connectivity index (χ0) is 16.1. The van der Waals surface area contributed by atoms with E-state index in [0.29, 0.717) is 17.7 Å². The molecule has 1 aromatic carbocycles. The van der Waals surface area contributed by atoms with E-state index in [9.17, 15) is 9.59 Å². The van der Waals surface area contributed by atoms with Crippen molar-refractivity contribution in [3.8, 4) is 6.07 Å². The first-order valence-corrected chi connectivity index (χ1v) is 7.63. The zero-order valence-electron chi connectivity index (χ0n) is 13.0. The number of nitrogens with zero attached hydrogens (tertiary/aromatic N) is 2. The van der Waals surface area contributed by atoms with Crippen molar-refractivity contribution in [2.45, 2.75) is 26.2 Å². The van der Waals surface area contributed by atoms with Crippen LogP contribution in [0.25, 0.3) is 0 Å². The Balaban J connectivity index is 1.91. The Kier molecular flexibility index (Phi) is 5.16. The third-order valence-corrected chi connectivity index (χ3v) is 3.97. The molecule has 0 heterocycles. The lowest BCUT2D eigenvalue weighted by Crippen LogP contribution is -2.30. The van der Waals surface area contributed by atoms with Crippen LogP contribution in [0.5, 0.6) is 0 Å². The Morgan fingerprint density at radius 3 is 2.77 bits per heavy atom. The molecule has 116 valence electrons. The predicted molar refractivity (Wildman–Crippen MR) is 83.9 cm³/mol. The van der Waals surface area contributed by atoms with Crippen LogP contribution in [0.3, 0.4) is 0 Å². The summed E-state index contributed by atoms with van der Waals surface area (Å²) in [6.07, 6.45) is 2.61. The van der Waals surface area contributed by atoms with Crippen molar-refractivity contribution in [3.05, 3.63) is 29.8 Å². The van der Waals surface area contributed by atoms with Crippen molar-refractivity contribution in [2.75, 3.05) is 18.9 Å². The molecule has 0 aromatic heterocycles. The smallest absolute Gasteiger partial charge is 0.228 e. The molecule has 2 rings (SSSR count). The number of hydrogen-bond donors (Lipinski definition) is 1. The van der Waals surface area contributed by atoms with E-state index < -0.39 is 0 Å². The Bertz CT molecular complexity index is 606. The van der Waals surface area contributed by atoms with Gasteiger partial charge in [0.15, 0.2) is 0 Å². The molecule has 1 aliphatic rings. The van der Waals surface area contributed by atoms with Gasteiger partial charge >= 0.3 is 0 Å². The minimum atomic E-state index is -0.275. The minimum Gasteiger partial charge on any atom is -0.346 e. The van der Waals surface area contributed by atoms with Crippen LogP contribution in [0, 0.1) is 23.2 Å². The van der Waals surface area contributed by atoms with Gasteiger partial charge in [-0.3, -0.25) is 9.59 Å². The van der Waals surface area contributed by atoms with E-state index in [0.717, 1.165) is 19.4 Å². The van der Waals surface area contributed by atoms with Gasteiger partial charge in [0.05, 0.1) is 23.1 Å². The predicted octanol–water partition coefficient (Wildman–Crippen LogP) is 2.39. The Hall–Kier alpha value is -2.35. The lowest BCUT2D eigenvalue weighted by molar-refractivity contribution is -0.132. The van der Waals surface area contributed by atoms with Gasteiger partial charge in [0.1, 0.15) is 6.07 Å². The molecule has 1 saturated carbocycles. The Morgan fingerprint density at radius 2 is 2.09 bits per heavy atom. The summed E-state index contributed by atoms with van der Waals surface area (Å²) < 4.78 is 0. The van der Waals surface area contributed by atoms with Gasteiger partial charge in [0, 0.05) is 13.6 Å².